The van der Waals surface area contributed by atoms with Crippen LogP contribution in [0.2, 0.25) is 5.02 Å². The van der Waals surface area contributed by atoms with Gasteiger partial charge in [0.1, 0.15) is 10.6 Å². The van der Waals surface area contributed by atoms with Gasteiger partial charge in [0.15, 0.2) is 6.61 Å². The van der Waals surface area contributed by atoms with E-state index in [0.717, 1.165) is 0 Å². The van der Waals surface area contributed by atoms with Crippen LogP contribution in [0.15, 0.2) is 27.5 Å². The normalized spacial score (nSPS) is 11.5. The average Bonchev–Trinajstić information content (AvgIpc) is 2.72. The third-order valence-corrected chi connectivity index (χ3v) is 3.67. The van der Waals surface area contributed by atoms with Gasteiger partial charge in [-0.3, -0.25) is 0 Å². The highest BCUT2D eigenvalue weighted by molar-refractivity contribution is 8.13. The molecule has 0 bridgehead atoms. The number of ether oxygens (including phenoxy) is 1. The van der Waals surface area contributed by atoms with Crippen molar-refractivity contribution in [1.82, 2.24) is 10.2 Å². The summed E-state index contributed by atoms with van der Waals surface area (Å²) in [6.07, 6.45) is 0. The summed E-state index contributed by atoms with van der Waals surface area (Å²) >= 11 is 5.72. The Labute approximate surface area is 118 Å². The van der Waals surface area contributed by atoms with Gasteiger partial charge in [-0.1, -0.05) is 11.6 Å². The summed E-state index contributed by atoms with van der Waals surface area (Å²) in [6.45, 7) is 1.56. The third kappa shape index (κ3) is 3.59. The van der Waals surface area contributed by atoms with Crippen molar-refractivity contribution < 1.29 is 17.6 Å². The van der Waals surface area contributed by atoms with Crippen molar-refractivity contribution in [2.75, 3.05) is 0 Å². The molecule has 1 aromatic carbocycles. The molecule has 0 aliphatic heterocycles. The molecule has 0 aliphatic rings. The SMILES string of the molecule is Cc1nnc(COc2ccc(Cl)cc2S(=O)(=O)Cl)o1. The minimum Gasteiger partial charge on any atom is -0.482 e. The van der Waals surface area contributed by atoms with Gasteiger partial charge in [0, 0.05) is 22.6 Å². The number of hydrogen-bond acceptors (Lipinski definition) is 6. The number of hydrogen-bond donors (Lipinski definition) is 0. The molecule has 1 heterocycles. The van der Waals surface area contributed by atoms with Gasteiger partial charge in [-0.2, -0.15) is 0 Å². The minimum absolute atomic E-state index is 0.0650. The van der Waals surface area contributed by atoms with Crippen LogP contribution >= 0.6 is 22.3 Å². The molecule has 9 heteroatoms. The molecule has 6 nitrogen and oxygen atoms in total. The minimum atomic E-state index is -3.96. The van der Waals surface area contributed by atoms with Gasteiger partial charge in [0.2, 0.25) is 5.89 Å². The van der Waals surface area contributed by atoms with Crippen molar-refractivity contribution in [3.63, 3.8) is 0 Å². The zero-order valence-corrected chi connectivity index (χ0v) is 12.0. The molecule has 102 valence electrons. The van der Waals surface area contributed by atoms with Crippen molar-refractivity contribution in [2.24, 2.45) is 0 Å². The summed E-state index contributed by atoms with van der Waals surface area (Å²) < 4.78 is 33.2. The van der Waals surface area contributed by atoms with Crippen molar-refractivity contribution in [3.8, 4) is 5.75 Å². The molecule has 0 saturated heterocycles. The van der Waals surface area contributed by atoms with E-state index in [9.17, 15) is 8.42 Å². The van der Waals surface area contributed by atoms with Gasteiger partial charge in [-0.25, -0.2) is 8.42 Å². The van der Waals surface area contributed by atoms with Crippen LogP contribution in [0.3, 0.4) is 0 Å². The lowest BCUT2D eigenvalue weighted by atomic mass is 10.3. The van der Waals surface area contributed by atoms with E-state index in [0.29, 0.717) is 5.89 Å². The Balaban J connectivity index is 2.25. The molecule has 1 aromatic heterocycles. The maximum atomic E-state index is 11.4. The second-order valence-corrected chi connectivity index (χ2v) is 6.50. The zero-order chi connectivity index (χ0) is 14.0. The van der Waals surface area contributed by atoms with Crippen LogP contribution in [0.1, 0.15) is 11.8 Å². The molecule has 2 rings (SSSR count). The van der Waals surface area contributed by atoms with E-state index in [1.165, 1.54) is 18.2 Å². The first-order valence-corrected chi connectivity index (χ1v) is 7.71. The van der Waals surface area contributed by atoms with E-state index in [2.05, 4.69) is 10.2 Å². The average molecular weight is 323 g/mol. The Hall–Kier alpha value is -1.31. The van der Waals surface area contributed by atoms with Crippen molar-refractivity contribution >= 4 is 31.3 Å². The van der Waals surface area contributed by atoms with Crippen LogP contribution < -0.4 is 4.74 Å². The van der Waals surface area contributed by atoms with E-state index < -0.39 is 9.05 Å². The molecule has 0 spiro atoms. The predicted molar refractivity (Wildman–Crippen MR) is 67.9 cm³/mol. The molecule has 0 N–H and O–H groups in total. The molecular formula is C10H8Cl2N2O4S. The van der Waals surface area contributed by atoms with E-state index in [1.807, 2.05) is 0 Å². The fourth-order valence-corrected chi connectivity index (χ4v) is 2.56. The number of nitrogens with zero attached hydrogens (tertiary/aromatic N) is 2. The Morgan fingerprint density at radius 2 is 2.11 bits per heavy atom. The molecule has 2 aromatic rings. The molecule has 0 unspecified atom stereocenters. The lowest BCUT2D eigenvalue weighted by molar-refractivity contribution is 0.254. The summed E-state index contributed by atoms with van der Waals surface area (Å²) in [4.78, 5) is -0.210. The van der Waals surface area contributed by atoms with Crippen LogP contribution in [0.4, 0.5) is 0 Å². The zero-order valence-electron chi connectivity index (χ0n) is 9.63. The van der Waals surface area contributed by atoms with E-state index >= 15 is 0 Å². The fourth-order valence-electron chi connectivity index (χ4n) is 1.33. The smallest absolute Gasteiger partial charge is 0.265 e. The van der Waals surface area contributed by atoms with Crippen LogP contribution in [0.25, 0.3) is 0 Å². The van der Waals surface area contributed by atoms with E-state index in [4.69, 9.17) is 31.4 Å². The van der Waals surface area contributed by atoms with E-state index in [1.54, 1.807) is 6.92 Å². The highest BCUT2D eigenvalue weighted by Gasteiger charge is 2.18. The molecule has 0 radical (unpaired) electrons. The van der Waals surface area contributed by atoms with Gasteiger partial charge in [0.05, 0.1) is 0 Å². The lowest BCUT2D eigenvalue weighted by Crippen LogP contribution is -2.01. The van der Waals surface area contributed by atoms with E-state index in [-0.39, 0.29) is 28.2 Å². The fraction of sp³-hybridized carbons (Fsp3) is 0.200. The summed E-state index contributed by atoms with van der Waals surface area (Å²) in [6, 6.07) is 4.10. The maximum absolute atomic E-state index is 11.4. The number of aromatic nitrogens is 2. The van der Waals surface area contributed by atoms with Gasteiger partial charge in [-0.05, 0) is 18.2 Å². The van der Waals surface area contributed by atoms with Crippen molar-refractivity contribution in [2.45, 2.75) is 18.4 Å². The van der Waals surface area contributed by atoms with Gasteiger partial charge >= 0.3 is 0 Å². The highest BCUT2D eigenvalue weighted by atomic mass is 35.7. The summed E-state index contributed by atoms with van der Waals surface area (Å²) in [7, 11) is 1.34. The Kier molecular flexibility index (Phi) is 3.98. The predicted octanol–water partition coefficient (Wildman–Crippen LogP) is 2.54. The molecule has 0 aliphatic carbocycles. The van der Waals surface area contributed by atoms with Crippen LogP contribution in [-0.2, 0) is 15.7 Å². The van der Waals surface area contributed by atoms with Crippen molar-refractivity contribution in [1.29, 1.82) is 0 Å². The lowest BCUT2D eigenvalue weighted by Gasteiger charge is -2.07. The van der Waals surface area contributed by atoms with Crippen LogP contribution in [-0.4, -0.2) is 18.6 Å². The van der Waals surface area contributed by atoms with Gasteiger partial charge in [-0.15, -0.1) is 10.2 Å². The Bertz CT molecular complexity index is 699. The summed E-state index contributed by atoms with van der Waals surface area (Å²) in [5, 5.41) is 7.58. The molecule has 0 fully saturated rings. The largest absolute Gasteiger partial charge is 0.482 e. The third-order valence-electron chi connectivity index (χ3n) is 2.09. The van der Waals surface area contributed by atoms with Gasteiger partial charge < -0.3 is 9.15 Å². The highest BCUT2D eigenvalue weighted by Crippen LogP contribution is 2.30. The number of halogens is 2. The topological polar surface area (TPSA) is 82.3 Å². The Morgan fingerprint density at radius 1 is 1.37 bits per heavy atom. The first-order chi connectivity index (χ1) is 8.86. The first-order valence-electron chi connectivity index (χ1n) is 5.02. The van der Waals surface area contributed by atoms with Crippen LogP contribution in [0, 0.1) is 6.92 Å². The molecule has 0 amide bonds. The quantitative estimate of drug-likeness (QED) is 0.804. The van der Waals surface area contributed by atoms with Crippen LogP contribution in [0.5, 0.6) is 5.75 Å². The van der Waals surface area contributed by atoms with Gasteiger partial charge in [0.25, 0.3) is 14.9 Å². The number of benzene rings is 1. The number of rotatable bonds is 4. The maximum Gasteiger partial charge on any atom is 0.265 e. The second kappa shape index (κ2) is 5.36. The molecule has 0 saturated carbocycles. The number of aryl methyl sites for hydroxylation is 1. The Morgan fingerprint density at radius 3 is 2.68 bits per heavy atom. The molecular weight excluding hydrogens is 315 g/mol. The molecule has 19 heavy (non-hydrogen) atoms. The summed E-state index contributed by atoms with van der Waals surface area (Å²) in [5.74, 6) is 0.681. The second-order valence-electron chi connectivity index (χ2n) is 3.53. The monoisotopic (exact) mass is 322 g/mol. The first kappa shape index (κ1) is 14.1. The molecule has 0 atom stereocenters. The van der Waals surface area contributed by atoms with Crippen molar-refractivity contribution in [3.05, 3.63) is 35.0 Å². The summed E-state index contributed by atoms with van der Waals surface area (Å²) in [5.41, 5.74) is 0. The standard InChI is InChI=1S/C10H8Cl2N2O4S/c1-6-13-14-10(18-6)5-17-8-3-2-7(11)4-9(8)19(12,15)16/h2-4H,5H2,1H3.